The van der Waals surface area contributed by atoms with Crippen LogP contribution in [0, 0.1) is 5.92 Å². The number of fused-ring (bicyclic) bond motifs is 1. The number of hydrogen-bond donors (Lipinski definition) is 2. The first-order valence-electron chi connectivity index (χ1n) is 12.0. The Balaban J connectivity index is 1.20. The van der Waals surface area contributed by atoms with Gasteiger partial charge in [-0.3, -0.25) is 5.43 Å². The van der Waals surface area contributed by atoms with Gasteiger partial charge in [-0.25, -0.2) is 15.4 Å². The molecule has 4 unspecified atom stereocenters. The first kappa shape index (κ1) is 21.5. The van der Waals surface area contributed by atoms with E-state index in [4.69, 9.17) is 14.2 Å². The van der Waals surface area contributed by atoms with Gasteiger partial charge in [0.1, 0.15) is 12.1 Å². The zero-order valence-electron chi connectivity index (χ0n) is 18.9. The molecule has 1 aromatic heterocycles. The van der Waals surface area contributed by atoms with E-state index in [0.29, 0.717) is 37.4 Å². The molecule has 4 atom stereocenters. The monoisotopic (exact) mass is 431 g/mol. The lowest BCUT2D eigenvalue weighted by atomic mass is 9.79. The number of ether oxygens (including phenoxy) is 3. The van der Waals surface area contributed by atoms with Gasteiger partial charge in [-0.15, -0.1) is 0 Å². The molecule has 3 heterocycles. The predicted molar refractivity (Wildman–Crippen MR) is 118 cm³/mol. The first-order valence-corrected chi connectivity index (χ1v) is 12.0. The van der Waals surface area contributed by atoms with Crippen LogP contribution < -0.4 is 15.8 Å². The average molecular weight is 432 g/mol. The second kappa shape index (κ2) is 9.27. The average Bonchev–Trinajstić information content (AvgIpc) is 3.37. The van der Waals surface area contributed by atoms with E-state index in [-0.39, 0.29) is 11.6 Å². The Morgan fingerprint density at radius 1 is 1.06 bits per heavy atom. The third-order valence-electron chi connectivity index (χ3n) is 7.51. The molecule has 0 spiro atoms. The highest BCUT2D eigenvalue weighted by atomic mass is 16.5. The van der Waals surface area contributed by atoms with Gasteiger partial charge in [-0.05, 0) is 51.9 Å². The van der Waals surface area contributed by atoms with E-state index in [2.05, 4.69) is 38.7 Å². The molecule has 8 heteroatoms. The number of rotatable bonds is 8. The molecular formula is C23H37N5O3. The molecule has 8 nitrogen and oxygen atoms in total. The maximum atomic E-state index is 6.43. The second-order valence-corrected chi connectivity index (χ2v) is 9.89. The fraction of sp³-hybridized carbons (Fsp3) is 0.826. The zero-order chi connectivity index (χ0) is 21.3. The van der Waals surface area contributed by atoms with Gasteiger partial charge >= 0.3 is 0 Å². The highest BCUT2D eigenvalue weighted by Gasteiger charge is 2.46. The quantitative estimate of drug-likeness (QED) is 0.607. The van der Waals surface area contributed by atoms with Crippen LogP contribution in [-0.4, -0.2) is 67.2 Å². The van der Waals surface area contributed by atoms with Crippen molar-refractivity contribution >= 4 is 5.82 Å². The standard InChI is InChI=1S/C23H37N5O3/c1-23(7-8-23)31-17-3-4-19-18(13-17)22(27-26-19)20-14-21(25-15-24-20)28-9-5-16(6-10-28)30-12-11-29-2/h14-19,22,26-27H,3-13H2,1-2H3. The zero-order valence-corrected chi connectivity index (χ0v) is 18.9. The van der Waals surface area contributed by atoms with Crippen molar-refractivity contribution in [3.63, 3.8) is 0 Å². The van der Waals surface area contributed by atoms with Crippen LogP contribution in [-0.2, 0) is 14.2 Å². The molecule has 31 heavy (non-hydrogen) atoms. The van der Waals surface area contributed by atoms with Crippen molar-refractivity contribution in [3.8, 4) is 0 Å². The molecule has 0 aromatic carbocycles. The molecule has 2 aliphatic carbocycles. The van der Waals surface area contributed by atoms with E-state index in [1.807, 2.05) is 0 Å². The van der Waals surface area contributed by atoms with E-state index >= 15 is 0 Å². The lowest BCUT2D eigenvalue weighted by Gasteiger charge is -2.35. The molecule has 2 N–H and O–H groups in total. The molecule has 0 bridgehead atoms. The van der Waals surface area contributed by atoms with Crippen molar-refractivity contribution in [1.29, 1.82) is 0 Å². The molecule has 2 saturated carbocycles. The van der Waals surface area contributed by atoms with Crippen molar-refractivity contribution < 1.29 is 14.2 Å². The summed E-state index contributed by atoms with van der Waals surface area (Å²) in [5, 5.41) is 0. The Bertz CT molecular complexity index is 738. The maximum Gasteiger partial charge on any atom is 0.132 e. The first-order chi connectivity index (χ1) is 15.1. The van der Waals surface area contributed by atoms with Crippen LogP contribution in [0.1, 0.15) is 63.6 Å². The minimum atomic E-state index is 0.147. The Labute approximate surface area is 185 Å². The molecule has 5 rings (SSSR count). The summed E-state index contributed by atoms with van der Waals surface area (Å²) >= 11 is 0. The van der Waals surface area contributed by atoms with Crippen LogP contribution in [0.25, 0.3) is 0 Å². The topological polar surface area (TPSA) is 80.8 Å². The van der Waals surface area contributed by atoms with Crippen LogP contribution >= 0.6 is 0 Å². The van der Waals surface area contributed by atoms with Crippen LogP contribution in [0.2, 0.25) is 0 Å². The molecule has 172 valence electrons. The third-order valence-corrected chi connectivity index (χ3v) is 7.51. The number of piperidine rings is 1. The lowest BCUT2D eigenvalue weighted by Crippen LogP contribution is -2.38. The number of nitrogens with zero attached hydrogens (tertiary/aromatic N) is 3. The molecule has 0 radical (unpaired) electrons. The van der Waals surface area contributed by atoms with Crippen molar-refractivity contribution in [1.82, 2.24) is 20.8 Å². The van der Waals surface area contributed by atoms with Gasteiger partial charge in [-0.2, -0.15) is 0 Å². The summed E-state index contributed by atoms with van der Waals surface area (Å²) < 4.78 is 17.4. The van der Waals surface area contributed by atoms with Gasteiger partial charge in [0.05, 0.1) is 42.8 Å². The summed E-state index contributed by atoms with van der Waals surface area (Å²) in [5.74, 6) is 1.53. The molecule has 0 amide bonds. The molecule has 2 aliphatic heterocycles. The van der Waals surface area contributed by atoms with Gasteiger partial charge in [-0.1, -0.05) is 0 Å². The van der Waals surface area contributed by atoms with Crippen LogP contribution in [0.3, 0.4) is 0 Å². The Hall–Kier alpha value is -1.32. The Morgan fingerprint density at radius 3 is 2.68 bits per heavy atom. The van der Waals surface area contributed by atoms with Crippen molar-refractivity contribution in [2.24, 2.45) is 5.92 Å². The minimum Gasteiger partial charge on any atom is -0.382 e. The lowest BCUT2D eigenvalue weighted by molar-refractivity contribution is -0.0500. The van der Waals surface area contributed by atoms with Gasteiger partial charge in [0, 0.05) is 38.2 Å². The van der Waals surface area contributed by atoms with Crippen molar-refractivity contribution in [2.45, 2.75) is 81.8 Å². The highest BCUT2D eigenvalue weighted by Crippen LogP contribution is 2.45. The summed E-state index contributed by atoms with van der Waals surface area (Å²) in [6, 6.07) is 2.89. The summed E-state index contributed by atoms with van der Waals surface area (Å²) in [5.41, 5.74) is 8.29. The molecule has 1 aromatic rings. The summed E-state index contributed by atoms with van der Waals surface area (Å²) in [6.07, 6.45) is 10.3. The van der Waals surface area contributed by atoms with Crippen molar-refractivity contribution in [2.75, 3.05) is 38.3 Å². The Morgan fingerprint density at radius 2 is 1.90 bits per heavy atom. The fourth-order valence-electron chi connectivity index (χ4n) is 5.37. The predicted octanol–water partition coefficient (Wildman–Crippen LogP) is 2.36. The van der Waals surface area contributed by atoms with Gasteiger partial charge in [0.15, 0.2) is 0 Å². The van der Waals surface area contributed by atoms with Crippen LogP contribution in [0.4, 0.5) is 5.82 Å². The number of hydrazine groups is 1. The van der Waals surface area contributed by atoms with E-state index in [1.165, 1.54) is 12.8 Å². The van der Waals surface area contributed by atoms with Crippen LogP contribution in [0.5, 0.6) is 0 Å². The van der Waals surface area contributed by atoms with Gasteiger partial charge in [0.2, 0.25) is 0 Å². The molecular weight excluding hydrogens is 394 g/mol. The summed E-state index contributed by atoms with van der Waals surface area (Å²) in [4.78, 5) is 11.6. The van der Waals surface area contributed by atoms with Gasteiger partial charge in [0.25, 0.3) is 0 Å². The SMILES string of the molecule is COCCOC1CCN(c2cc(C3NNC4CCC(OC5(C)CC5)CC43)ncn2)CC1. The van der Waals surface area contributed by atoms with E-state index in [9.17, 15) is 0 Å². The molecule has 2 saturated heterocycles. The van der Waals surface area contributed by atoms with E-state index in [1.54, 1.807) is 13.4 Å². The second-order valence-electron chi connectivity index (χ2n) is 9.89. The van der Waals surface area contributed by atoms with Crippen molar-refractivity contribution in [3.05, 3.63) is 18.1 Å². The number of methoxy groups -OCH3 is 1. The number of aromatic nitrogens is 2. The number of hydrogen-bond acceptors (Lipinski definition) is 8. The fourth-order valence-corrected chi connectivity index (χ4v) is 5.37. The van der Waals surface area contributed by atoms with Crippen LogP contribution in [0.15, 0.2) is 12.4 Å². The molecule has 4 aliphatic rings. The summed E-state index contributed by atoms with van der Waals surface area (Å²) in [7, 11) is 1.71. The molecule has 4 fully saturated rings. The van der Waals surface area contributed by atoms with E-state index < -0.39 is 0 Å². The summed E-state index contributed by atoms with van der Waals surface area (Å²) in [6.45, 7) is 5.51. The minimum absolute atomic E-state index is 0.147. The number of anilines is 1. The Kier molecular flexibility index (Phi) is 6.44. The number of nitrogens with one attached hydrogen (secondary N) is 2. The normalized spacial score (nSPS) is 32.8. The highest BCUT2D eigenvalue weighted by molar-refractivity contribution is 5.40. The largest absolute Gasteiger partial charge is 0.382 e. The van der Waals surface area contributed by atoms with E-state index in [0.717, 1.165) is 56.7 Å². The smallest absolute Gasteiger partial charge is 0.132 e. The maximum absolute atomic E-state index is 6.43. The van der Waals surface area contributed by atoms with Gasteiger partial charge < -0.3 is 19.1 Å². The third kappa shape index (κ3) is 5.03.